The summed E-state index contributed by atoms with van der Waals surface area (Å²) in [5, 5.41) is 18.4. The van der Waals surface area contributed by atoms with E-state index in [1.54, 1.807) is 0 Å². The molecule has 3 aliphatic rings. The molecular formula is C15H21BrN4O2. The highest BCUT2D eigenvalue weighted by atomic mass is 79.9. The molecule has 0 aromatic carbocycles. The summed E-state index contributed by atoms with van der Waals surface area (Å²) in [6, 6.07) is 0.221. The maximum Gasteiger partial charge on any atom is 0.412 e. The average Bonchev–Trinajstić information content (AvgIpc) is 2.44. The van der Waals surface area contributed by atoms with Crippen molar-refractivity contribution in [1.82, 2.24) is 10.7 Å². The van der Waals surface area contributed by atoms with Gasteiger partial charge in [0.2, 0.25) is 0 Å². The van der Waals surface area contributed by atoms with Crippen molar-refractivity contribution in [3.8, 4) is 0 Å². The van der Waals surface area contributed by atoms with Crippen molar-refractivity contribution in [2.75, 3.05) is 0 Å². The molecule has 120 valence electrons. The topological polar surface area (TPSA) is 79.6 Å². The minimum absolute atomic E-state index is 0.178. The lowest BCUT2D eigenvalue weighted by atomic mass is 9.31. The zero-order valence-corrected chi connectivity index (χ0v) is 14.8. The number of halogens is 1. The maximum absolute atomic E-state index is 11.2. The van der Waals surface area contributed by atoms with Crippen LogP contribution in [0.25, 0.3) is 0 Å². The van der Waals surface area contributed by atoms with Gasteiger partial charge in [-0.2, -0.15) is 5.43 Å². The van der Waals surface area contributed by atoms with Gasteiger partial charge >= 0.3 is 5.84 Å². The van der Waals surface area contributed by atoms with Crippen LogP contribution in [0.1, 0.15) is 34.1 Å². The van der Waals surface area contributed by atoms with Crippen molar-refractivity contribution < 1.29 is 4.92 Å². The molecule has 0 amide bonds. The van der Waals surface area contributed by atoms with Crippen molar-refractivity contribution in [1.29, 1.82) is 0 Å². The molecule has 2 N–H and O–H groups in total. The summed E-state index contributed by atoms with van der Waals surface area (Å²) in [7, 11) is 0. The first-order chi connectivity index (χ1) is 10.1. The smallest absolute Gasteiger partial charge is 0.374 e. The SMILES string of the molecule is C=C1NN=C([N+](=O)[O-])C(N[C@@H]2C[C@H]3C(C)(C)C(C)C23C)=C1Br. The van der Waals surface area contributed by atoms with Gasteiger partial charge in [0.05, 0.1) is 15.3 Å². The van der Waals surface area contributed by atoms with E-state index in [2.05, 4.69) is 66.0 Å². The zero-order valence-electron chi connectivity index (χ0n) is 13.2. The summed E-state index contributed by atoms with van der Waals surface area (Å²) >= 11 is 3.39. The standard InChI is InChI=1S/C15H21BrN4O2/c1-7-11(16)12(13(19-18-7)20(21)22)17-10-6-9-14(3,4)8(2)15(9,10)5/h8-10,17-18H,1,6H2,2-5H3/t8?,9-,10+,15?/m0/s1. The maximum atomic E-state index is 11.2. The highest BCUT2D eigenvalue weighted by Gasteiger charge is 2.71. The fourth-order valence-corrected chi connectivity index (χ4v) is 5.05. The third-order valence-corrected chi connectivity index (χ3v) is 7.29. The third kappa shape index (κ3) is 1.74. The lowest BCUT2D eigenvalue weighted by Gasteiger charge is -2.75. The number of hydrogen-bond donors (Lipinski definition) is 2. The number of amidine groups is 1. The molecule has 7 heteroatoms. The minimum Gasteiger partial charge on any atom is -0.374 e. The third-order valence-electron chi connectivity index (χ3n) is 6.42. The van der Waals surface area contributed by atoms with Crippen molar-refractivity contribution in [2.45, 2.75) is 40.2 Å². The summed E-state index contributed by atoms with van der Waals surface area (Å²) < 4.78 is 0.576. The van der Waals surface area contributed by atoms with Gasteiger partial charge in [0, 0.05) is 6.04 Å². The molecule has 2 saturated carbocycles. The summed E-state index contributed by atoms with van der Waals surface area (Å²) in [6.45, 7) is 13.0. The second kappa shape index (κ2) is 4.57. The molecule has 22 heavy (non-hydrogen) atoms. The van der Waals surface area contributed by atoms with Crippen LogP contribution >= 0.6 is 15.9 Å². The zero-order chi connectivity index (χ0) is 16.4. The number of nitrogens with zero attached hydrogens (tertiary/aromatic N) is 2. The number of hydrogen-bond acceptors (Lipinski definition) is 5. The van der Waals surface area contributed by atoms with Gasteiger partial charge < -0.3 is 15.4 Å². The fraction of sp³-hybridized carbons (Fsp3) is 0.667. The number of rotatable bonds is 2. The molecule has 0 spiro atoms. The molecule has 0 radical (unpaired) electrons. The first kappa shape index (κ1) is 15.5. The Bertz CT molecular complexity index is 629. The Balaban J connectivity index is 1.85. The average molecular weight is 369 g/mol. The van der Waals surface area contributed by atoms with Gasteiger partial charge in [-0.05, 0) is 49.9 Å². The molecule has 2 fully saturated rings. The van der Waals surface area contributed by atoms with Gasteiger partial charge in [0.15, 0.2) is 5.70 Å². The van der Waals surface area contributed by atoms with Gasteiger partial charge in [0.25, 0.3) is 0 Å². The lowest BCUT2D eigenvalue weighted by Crippen LogP contribution is -2.75. The van der Waals surface area contributed by atoms with Gasteiger partial charge in [-0.1, -0.05) is 34.3 Å². The summed E-state index contributed by atoms with van der Waals surface area (Å²) in [5.41, 5.74) is 4.05. The predicted octanol–water partition coefficient (Wildman–Crippen LogP) is 2.96. The molecule has 0 saturated heterocycles. The number of nitrogens with one attached hydrogen (secondary N) is 2. The Morgan fingerprint density at radius 2 is 2.14 bits per heavy atom. The molecule has 0 aromatic heterocycles. The van der Waals surface area contributed by atoms with Crippen LogP contribution in [-0.4, -0.2) is 16.8 Å². The highest BCUT2D eigenvalue weighted by Crippen LogP contribution is 2.73. The Hall–Kier alpha value is -1.37. The molecule has 0 bridgehead atoms. The van der Waals surface area contributed by atoms with E-state index in [0.717, 1.165) is 6.42 Å². The van der Waals surface area contributed by atoms with E-state index in [9.17, 15) is 10.1 Å². The Labute approximate surface area is 138 Å². The molecule has 4 atom stereocenters. The van der Waals surface area contributed by atoms with E-state index < -0.39 is 4.92 Å². The molecule has 1 aliphatic heterocycles. The Kier molecular flexibility index (Phi) is 3.22. The van der Waals surface area contributed by atoms with Gasteiger partial charge in [0.1, 0.15) is 0 Å². The summed E-state index contributed by atoms with van der Waals surface area (Å²) in [4.78, 5) is 10.7. The largest absolute Gasteiger partial charge is 0.412 e. The number of hydrazone groups is 1. The van der Waals surface area contributed by atoms with E-state index in [4.69, 9.17) is 0 Å². The van der Waals surface area contributed by atoms with Crippen LogP contribution in [0.4, 0.5) is 0 Å². The van der Waals surface area contributed by atoms with E-state index in [1.165, 1.54) is 0 Å². The van der Waals surface area contributed by atoms with Crippen molar-refractivity contribution >= 4 is 21.8 Å². The Morgan fingerprint density at radius 3 is 2.68 bits per heavy atom. The van der Waals surface area contributed by atoms with Crippen LogP contribution in [0.3, 0.4) is 0 Å². The monoisotopic (exact) mass is 368 g/mol. The van der Waals surface area contributed by atoms with Gasteiger partial charge in [-0.25, -0.2) is 0 Å². The molecule has 2 aliphatic carbocycles. The quantitative estimate of drug-likeness (QED) is 0.579. The number of allylic oxidation sites excluding steroid dienone is 1. The molecule has 2 unspecified atom stereocenters. The van der Waals surface area contributed by atoms with Crippen LogP contribution in [0.5, 0.6) is 0 Å². The predicted molar refractivity (Wildman–Crippen MR) is 88.7 cm³/mol. The van der Waals surface area contributed by atoms with E-state index in [-0.39, 0.29) is 17.3 Å². The van der Waals surface area contributed by atoms with Crippen molar-refractivity contribution in [3.05, 3.63) is 32.6 Å². The van der Waals surface area contributed by atoms with Crippen LogP contribution in [0.2, 0.25) is 0 Å². The second-order valence-corrected chi connectivity index (χ2v) is 8.16. The van der Waals surface area contributed by atoms with E-state index >= 15 is 0 Å². The van der Waals surface area contributed by atoms with E-state index in [0.29, 0.717) is 33.1 Å². The summed E-state index contributed by atoms with van der Waals surface area (Å²) in [5.74, 6) is 1.03. The molecular weight excluding hydrogens is 348 g/mol. The van der Waals surface area contributed by atoms with Crippen molar-refractivity contribution in [2.24, 2.45) is 27.8 Å². The molecule has 0 aromatic rings. The van der Waals surface area contributed by atoms with Crippen LogP contribution < -0.4 is 10.7 Å². The summed E-state index contributed by atoms with van der Waals surface area (Å²) in [6.07, 6.45) is 1.03. The minimum atomic E-state index is -0.477. The lowest BCUT2D eigenvalue weighted by molar-refractivity contribution is -0.350. The molecule has 6 nitrogen and oxygen atoms in total. The second-order valence-electron chi connectivity index (χ2n) is 7.37. The first-order valence-electron chi connectivity index (χ1n) is 7.45. The van der Waals surface area contributed by atoms with Crippen molar-refractivity contribution in [3.63, 3.8) is 0 Å². The highest BCUT2D eigenvalue weighted by molar-refractivity contribution is 9.12. The van der Waals surface area contributed by atoms with Crippen LogP contribution in [0.15, 0.2) is 27.6 Å². The molecule has 1 heterocycles. The van der Waals surface area contributed by atoms with Gasteiger partial charge in [-0.3, -0.25) is 0 Å². The normalized spacial score (nSPS) is 39.0. The Morgan fingerprint density at radius 1 is 1.50 bits per heavy atom. The van der Waals surface area contributed by atoms with Crippen LogP contribution in [0, 0.1) is 32.8 Å². The van der Waals surface area contributed by atoms with Gasteiger partial charge in [-0.15, -0.1) is 0 Å². The number of nitro groups is 1. The van der Waals surface area contributed by atoms with E-state index in [1.807, 2.05) is 0 Å². The van der Waals surface area contributed by atoms with Crippen LogP contribution in [-0.2, 0) is 0 Å². The molecule has 3 rings (SSSR count). The first-order valence-corrected chi connectivity index (χ1v) is 8.25. The number of fused-ring (bicyclic) bond motifs is 1. The fourth-order valence-electron chi connectivity index (χ4n) is 4.67.